The lowest BCUT2D eigenvalue weighted by Gasteiger charge is -2.10. The molecular weight excluding hydrogens is 518 g/mol. The van der Waals surface area contributed by atoms with Gasteiger partial charge in [0.25, 0.3) is 11.8 Å². The Morgan fingerprint density at radius 3 is 2.46 bits per heavy atom. The molecule has 0 saturated carbocycles. The van der Waals surface area contributed by atoms with Gasteiger partial charge in [-0.2, -0.15) is 5.21 Å². The van der Waals surface area contributed by atoms with Crippen LogP contribution in [0.3, 0.4) is 0 Å². The number of H-pyrrole nitrogens is 2. The van der Waals surface area contributed by atoms with E-state index >= 15 is 0 Å². The van der Waals surface area contributed by atoms with E-state index in [2.05, 4.69) is 36.2 Å². The molecule has 186 valence electrons. The minimum absolute atomic E-state index is 0.0169. The minimum Gasteiger partial charge on any atom is -0.349 e. The van der Waals surface area contributed by atoms with Gasteiger partial charge in [0.05, 0.1) is 27.4 Å². The predicted molar refractivity (Wildman–Crippen MR) is 138 cm³/mol. The van der Waals surface area contributed by atoms with Crippen LogP contribution in [-0.2, 0) is 9.84 Å². The molecule has 0 saturated heterocycles. The number of anilines is 2. The molecule has 0 atom stereocenters. The number of carbonyl (C=O) groups excluding carboxylic acids is 2. The van der Waals surface area contributed by atoms with Crippen LogP contribution in [0.4, 0.5) is 11.4 Å². The third kappa shape index (κ3) is 4.92. The van der Waals surface area contributed by atoms with Crippen LogP contribution in [0.25, 0.3) is 22.3 Å². The summed E-state index contributed by atoms with van der Waals surface area (Å²) < 4.78 is 24.2. The molecular formula is C24H18ClN7O4S. The summed E-state index contributed by atoms with van der Waals surface area (Å²) in [5.74, 6) is -0.795. The van der Waals surface area contributed by atoms with Gasteiger partial charge in [0.2, 0.25) is 5.82 Å². The molecule has 0 aliphatic heterocycles. The van der Waals surface area contributed by atoms with Crippen LogP contribution < -0.4 is 10.6 Å². The zero-order valence-corrected chi connectivity index (χ0v) is 20.7. The molecule has 37 heavy (non-hydrogen) atoms. The van der Waals surface area contributed by atoms with Crippen LogP contribution >= 0.6 is 11.6 Å². The number of aromatic nitrogens is 5. The van der Waals surface area contributed by atoms with Gasteiger partial charge in [0.15, 0.2) is 9.84 Å². The van der Waals surface area contributed by atoms with E-state index in [-0.39, 0.29) is 22.0 Å². The standard InChI is InChI=1S/C24H18ClN7O4S/c1-37(35,36)20-8-3-2-6-15(20)23(33)28-18-7-4-5-13-11-19(26-21(13)18)24(34)27-17-10-9-14(25)12-16(17)22-29-31-32-30-22/h2-12,26H,1H3,(H,27,34)(H,28,33)(H,29,30,31,32). The number of hydrogen-bond donors (Lipinski definition) is 4. The Morgan fingerprint density at radius 2 is 1.70 bits per heavy atom. The van der Waals surface area contributed by atoms with Crippen molar-refractivity contribution in [3.8, 4) is 11.4 Å². The fourth-order valence-electron chi connectivity index (χ4n) is 3.83. The maximum absolute atomic E-state index is 13.1. The third-order valence-corrected chi connectivity index (χ3v) is 6.89. The van der Waals surface area contributed by atoms with Gasteiger partial charge >= 0.3 is 0 Å². The van der Waals surface area contributed by atoms with Gasteiger partial charge in [0, 0.05) is 22.2 Å². The normalized spacial score (nSPS) is 11.4. The number of amides is 2. The third-order valence-electron chi connectivity index (χ3n) is 5.50. The van der Waals surface area contributed by atoms with Gasteiger partial charge in [-0.05, 0) is 47.7 Å². The van der Waals surface area contributed by atoms with Crippen LogP contribution in [0.1, 0.15) is 20.8 Å². The smallest absolute Gasteiger partial charge is 0.272 e. The number of hydrogen-bond acceptors (Lipinski definition) is 7. The Balaban J connectivity index is 1.44. The summed E-state index contributed by atoms with van der Waals surface area (Å²) in [5.41, 5.74) is 2.00. The second kappa shape index (κ2) is 9.48. The molecule has 2 heterocycles. The van der Waals surface area contributed by atoms with Gasteiger partial charge in [-0.15, -0.1) is 10.2 Å². The fraction of sp³-hybridized carbons (Fsp3) is 0.0417. The van der Waals surface area contributed by atoms with Gasteiger partial charge in [0.1, 0.15) is 5.69 Å². The number of benzene rings is 3. The summed E-state index contributed by atoms with van der Waals surface area (Å²) in [6.07, 6.45) is 1.04. The summed E-state index contributed by atoms with van der Waals surface area (Å²) in [4.78, 5) is 29.0. The topological polar surface area (TPSA) is 163 Å². The molecule has 0 fully saturated rings. The average molecular weight is 536 g/mol. The highest BCUT2D eigenvalue weighted by molar-refractivity contribution is 7.90. The number of halogens is 1. The van der Waals surface area contributed by atoms with Crippen molar-refractivity contribution in [2.45, 2.75) is 4.90 Å². The van der Waals surface area contributed by atoms with E-state index in [0.717, 1.165) is 6.26 Å². The number of carbonyl (C=O) groups is 2. The highest BCUT2D eigenvalue weighted by Gasteiger charge is 2.20. The van der Waals surface area contributed by atoms with E-state index in [1.165, 1.54) is 12.1 Å². The summed E-state index contributed by atoms with van der Waals surface area (Å²) in [6.45, 7) is 0. The molecule has 0 aliphatic carbocycles. The summed E-state index contributed by atoms with van der Waals surface area (Å²) in [5, 5.41) is 20.4. The molecule has 5 rings (SSSR count). The van der Waals surface area contributed by atoms with Crippen LogP contribution in [0.2, 0.25) is 5.02 Å². The molecule has 0 aliphatic rings. The lowest BCUT2D eigenvalue weighted by molar-refractivity contribution is 0.101. The van der Waals surface area contributed by atoms with Crippen molar-refractivity contribution in [2.24, 2.45) is 0 Å². The van der Waals surface area contributed by atoms with Crippen molar-refractivity contribution < 1.29 is 18.0 Å². The Kier molecular flexibility index (Phi) is 6.19. The maximum Gasteiger partial charge on any atom is 0.272 e. The number of rotatable bonds is 6. The molecule has 0 bridgehead atoms. The number of nitrogens with zero attached hydrogens (tertiary/aromatic N) is 3. The van der Waals surface area contributed by atoms with E-state index in [0.29, 0.717) is 32.9 Å². The quantitative estimate of drug-likeness (QED) is 0.256. The van der Waals surface area contributed by atoms with E-state index in [1.54, 1.807) is 54.6 Å². The highest BCUT2D eigenvalue weighted by atomic mass is 35.5. The molecule has 0 spiro atoms. The molecule has 5 aromatic rings. The molecule has 0 radical (unpaired) electrons. The number of tetrazole rings is 1. The zero-order chi connectivity index (χ0) is 26.2. The fourth-order valence-corrected chi connectivity index (χ4v) is 4.88. The number of fused-ring (bicyclic) bond motifs is 1. The minimum atomic E-state index is -3.62. The first-order chi connectivity index (χ1) is 17.7. The number of para-hydroxylation sites is 1. The zero-order valence-electron chi connectivity index (χ0n) is 19.1. The monoisotopic (exact) mass is 535 g/mol. The summed E-state index contributed by atoms with van der Waals surface area (Å²) >= 11 is 6.11. The second-order valence-corrected chi connectivity index (χ2v) is 10.5. The summed E-state index contributed by atoms with van der Waals surface area (Å²) in [7, 11) is -3.62. The first kappa shape index (κ1) is 24.2. The second-order valence-electron chi connectivity index (χ2n) is 8.05. The Morgan fingerprint density at radius 1 is 0.919 bits per heavy atom. The molecule has 3 aromatic carbocycles. The molecule has 11 nitrogen and oxygen atoms in total. The number of aromatic amines is 2. The highest BCUT2D eigenvalue weighted by Crippen LogP contribution is 2.30. The molecule has 2 amide bonds. The van der Waals surface area contributed by atoms with E-state index < -0.39 is 21.7 Å². The van der Waals surface area contributed by atoms with Crippen LogP contribution in [-0.4, -0.2) is 52.1 Å². The maximum atomic E-state index is 13.1. The Bertz CT molecular complexity index is 1770. The predicted octanol–water partition coefficient (Wildman–Crippen LogP) is 3.91. The van der Waals surface area contributed by atoms with E-state index in [9.17, 15) is 18.0 Å². The van der Waals surface area contributed by atoms with E-state index in [1.807, 2.05) is 0 Å². The Hall–Kier alpha value is -4.55. The number of nitrogens with one attached hydrogen (secondary N) is 4. The lowest BCUT2D eigenvalue weighted by Crippen LogP contribution is -2.16. The number of sulfone groups is 1. The first-order valence-electron chi connectivity index (χ1n) is 10.8. The molecule has 13 heteroatoms. The van der Waals surface area contributed by atoms with Gasteiger partial charge < -0.3 is 15.6 Å². The first-order valence-corrected chi connectivity index (χ1v) is 13.0. The average Bonchev–Trinajstić information content (AvgIpc) is 3.55. The van der Waals surface area contributed by atoms with Gasteiger partial charge in [-0.1, -0.05) is 35.9 Å². The molecule has 4 N–H and O–H groups in total. The Labute approximate surface area is 215 Å². The van der Waals surface area contributed by atoms with Crippen molar-refractivity contribution in [1.82, 2.24) is 25.6 Å². The van der Waals surface area contributed by atoms with Crippen molar-refractivity contribution in [3.63, 3.8) is 0 Å². The van der Waals surface area contributed by atoms with Crippen molar-refractivity contribution in [3.05, 3.63) is 83.0 Å². The lowest BCUT2D eigenvalue weighted by atomic mass is 10.1. The molecule has 0 unspecified atom stereocenters. The van der Waals surface area contributed by atoms with Crippen LogP contribution in [0.15, 0.2) is 71.6 Å². The SMILES string of the molecule is CS(=O)(=O)c1ccccc1C(=O)Nc1cccc2cc(C(=O)Nc3ccc(Cl)cc3-c3nn[nH]n3)[nH]c12. The van der Waals surface area contributed by atoms with Crippen LogP contribution in [0.5, 0.6) is 0 Å². The van der Waals surface area contributed by atoms with Gasteiger partial charge in [-0.3, -0.25) is 9.59 Å². The summed E-state index contributed by atoms with van der Waals surface area (Å²) in [6, 6.07) is 17.6. The largest absolute Gasteiger partial charge is 0.349 e. The van der Waals surface area contributed by atoms with Gasteiger partial charge in [-0.25, -0.2) is 8.42 Å². The van der Waals surface area contributed by atoms with Crippen LogP contribution in [0, 0.1) is 0 Å². The molecule has 2 aromatic heterocycles. The van der Waals surface area contributed by atoms with Crippen molar-refractivity contribution >= 4 is 55.5 Å². The van der Waals surface area contributed by atoms with Crippen molar-refractivity contribution in [2.75, 3.05) is 16.9 Å². The van der Waals surface area contributed by atoms with Crippen molar-refractivity contribution in [1.29, 1.82) is 0 Å². The van der Waals surface area contributed by atoms with E-state index in [4.69, 9.17) is 11.6 Å².